The molecule has 1 N–H and O–H groups in total. The third-order valence-electron chi connectivity index (χ3n) is 2.04. The fraction of sp³-hybridized carbons (Fsp3) is 0.0909. The molecule has 0 spiro atoms. The van der Waals surface area contributed by atoms with Gasteiger partial charge in [0.25, 0.3) is 0 Å². The normalized spacial score (nSPS) is 9.60. The zero-order chi connectivity index (χ0) is 10.7. The Morgan fingerprint density at radius 2 is 2.13 bits per heavy atom. The molecule has 4 heteroatoms. The second-order valence-electron chi connectivity index (χ2n) is 2.95. The monoisotopic (exact) mass is 215 g/mol. The molecule has 0 atom stereocenters. The largest absolute Gasteiger partial charge is 0.379 e. The Kier molecular flexibility index (Phi) is 2.66. The minimum absolute atomic E-state index is 0.689. The van der Waals surface area contributed by atoms with E-state index in [0.29, 0.717) is 5.56 Å². The predicted octanol–water partition coefficient (Wildman–Crippen LogP) is 2.72. The van der Waals surface area contributed by atoms with Gasteiger partial charge >= 0.3 is 0 Å². The summed E-state index contributed by atoms with van der Waals surface area (Å²) in [7, 11) is 1.82. The van der Waals surface area contributed by atoms with Crippen molar-refractivity contribution in [3.63, 3.8) is 0 Å². The first-order valence-electron chi connectivity index (χ1n) is 4.47. The average molecular weight is 215 g/mol. The Labute approximate surface area is 92.0 Å². The standard InChI is InChI=1S/C11H9N3S/c1-13-11-9(7-12)6-10(15-11)8-2-4-14-5-3-8/h2-6,13H,1H3. The third kappa shape index (κ3) is 1.83. The number of nitriles is 1. The molecule has 15 heavy (non-hydrogen) atoms. The van der Waals surface area contributed by atoms with E-state index in [1.807, 2.05) is 25.2 Å². The molecule has 74 valence electrons. The van der Waals surface area contributed by atoms with E-state index in [1.54, 1.807) is 23.7 Å². The lowest BCUT2D eigenvalue weighted by Gasteiger charge is -1.94. The van der Waals surface area contributed by atoms with E-state index in [-0.39, 0.29) is 0 Å². The molecule has 0 saturated heterocycles. The number of thiophene rings is 1. The Morgan fingerprint density at radius 1 is 1.40 bits per heavy atom. The molecule has 0 aromatic carbocycles. The fourth-order valence-electron chi connectivity index (χ4n) is 1.32. The second-order valence-corrected chi connectivity index (χ2v) is 4.00. The number of pyridine rings is 1. The van der Waals surface area contributed by atoms with Crippen LogP contribution in [0.2, 0.25) is 0 Å². The lowest BCUT2D eigenvalue weighted by Crippen LogP contribution is -1.84. The Balaban J connectivity index is 2.48. The van der Waals surface area contributed by atoms with Crippen LogP contribution in [0.15, 0.2) is 30.6 Å². The molecular weight excluding hydrogens is 206 g/mol. The van der Waals surface area contributed by atoms with Gasteiger partial charge in [0.05, 0.1) is 5.56 Å². The van der Waals surface area contributed by atoms with Crippen molar-refractivity contribution in [2.24, 2.45) is 0 Å². The predicted molar refractivity (Wildman–Crippen MR) is 61.8 cm³/mol. The number of nitrogens with one attached hydrogen (secondary N) is 1. The highest BCUT2D eigenvalue weighted by Gasteiger charge is 2.08. The maximum Gasteiger partial charge on any atom is 0.107 e. The Morgan fingerprint density at radius 3 is 2.67 bits per heavy atom. The fourth-order valence-corrected chi connectivity index (χ4v) is 2.29. The lowest BCUT2D eigenvalue weighted by atomic mass is 10.2. The van der Waals surface area contributed by atoms with Crippen LogP contribution in [-0.2, 0) is 0 Å². The first kappa shape index (κ1) is 9.69. The van der Waals surface area contributed by atoms with Crippen LogP contribution < -0.4 is 5.32 Å². The number of nitrogens with zero attached hydrogens (tertiary/aromatic N) is 2. The summed E-state index contributed by atoms with van der Waals surface area (Å²) < 4.78 is 0. The quantitative estimate of drug-likeness (QED) is 0.838. The van der Waals surface area contributed by atoms with Gasteiger partial charge in [0, 0.05) is 24.3 Å². The van der Waals surface area contributed by atoms with Crippen LogP contribution in [0.5, 0.6) is 0 Å². The Bertz CT molecular complexity index is 496. The van der Waals surface area contributed by atoms with E-state index >= 15 is 0 Å². The summed E-state index contributed by atoms with van der Waals surface area (Å²) >= 11 is 1.58. The van der Waals surface area contributed by atoms with Gasteiger partial charge in [-0.15, -0.1) is 11.3 Å². The number of rotatable bonds is 2. The zero-order valence-corrected chi connectivity index (χ0v) is 9.01. The lowest BCUT2D eigenvalue weighted by molar-refractivity contribution is 1.33. The van der Waals surface area contributed by atoms with Gasteiger partial charge in [0.2, 0.25) is 0 Å². The molecular formula is C11H9N3S. The van der Waals surface area contributed by atoms with Crippen molar-refractivity contribution in [3.8, 4) is 16.5 Å². The topological polar surface area (TPSA) is 48.7 Å². The van der Waals surface area contributed by atoms with Gasteiger partial charge in [-0.25, -0.2) is 0 Å². The minimum atomic E-state index is 0.689. The molecule has 0 fully saturated rings. The summed E-state index contributed by atoms with van der Waals surface area (Å²) in [5.74, 6) is 0. The number of anilines is 1. The molecule has 3 nitrogen and oxygen atoms in total. The first-order valence-corrected chi connectivity index (χ1v) is 5.29. The van der Waals surface area contributed by atoms with E-state index in [4.69, 9.17) is 5.26 Å². The summed E-state index contributed by atoms with van der Waals surface area (Å²) in [6, 6.07) is 7.94. The van der Waals surface area contributed by atoms with Crippen LogP contribution in [0, 0.1) is 11.3 Å². The first-order chi connectivity index (χ1) is 7.35. The van der Waals surface area contributed by atoms with Crippen LogP contribution in [0.1, 0.15) is 5.56 Å². The number of aromatic nitrogens is 1. The molecule has 0 saturated carbocycles. The summed E-state index contributed by atoms with van der Waals surface area (Å²) in [6.07, 6.45) is 3.50. The highest BCUT2D eigenvalue weighted by Crippen LogP contribution is 2.34. The van der Waals surface area contributed by atoms with Crippen molar-refractivity contribution in [1.29, 1.82) is 5.26 Å². The van der Waals surface area contributed by atoms with Gasteiger partial charge in [0.1, 0.15) is 11.1 Å². The van der Waals surface area contributed by atoms with Crippen LogP contribution in [0.4, 0.5) is 5.00 Å². The van der Waals surface area contributed by atoms with Crippen molar-refractivity contribution in [1.82, 2.24) is 4.98 Å². The van der Waals surface area contributed by atoms with E-state index < -0.39 is 0 Å². The van der Waals surface area contributed by atoms with E-state index in [2.05, 4.69) is 16.4 Å². The third-order valence-corrected chi connectivity index (χ3v) is 3.25. The van der Waals surface area contributed by atoms with Gasteiger partial charge < -0.3 is 5.32 Å². The molecule has 0 aliphatic rings. The van der Waals surface area contributed by atoms with E-state index in [1.165, 1.54) is 0 Å². The molecule has 0 amide bonds. The van der Waals surface area contributed by atoms with Gasteiger partial charge in [0.15, 0.2) is 0 Å². The molecule has 0 radical (unpaired) electrons. The van der Waals surface area contributed by atoms with Crippen molar-refractivity contribution < 1.29 is 0 Å². The zero-order valence-electron chi connectivity index (χ0n) is 8.19. The van der Waals surface area contributed by atoms with Crippen molar-refractivity contribution in [2.45, 2.75) is 0 Å². The average Bonchev–Trinajstić information content (AvgIpc) is 2.73. The molecule has 0 aliphatic heterocycles. The van der Waals surface area contributed by atoms with Gasteiger partial charge in [-0.2, -0.15) is 5.26 Å². The van der Waals surface area contributed by atoms with Crippen molar-refractivity contribution >= 4 is 16.3 Å². The number of hydrogen-bond donors (Lipinski definition) is 1. The SMILES string of the molecule is CNc1sc(-c2ccncc2)cc1C#N. The summed E-state index contributed by atoms with van der Waals surface area (Å²) in [5, 5.41) is 12.8. The molecule has 2 rings (SSSR count). The van der Waals surface area contributed by atoms with Gasteiger partial charge in [-0.1, -0.05) is 0 Å². The van der Waals surface area contributed by atoms with Crippen LogP contribution in [0.3, 0.4) is 0 Å². The van der Waals surface area contributed by atoms with E-state index in [9.17, 15) is 0 Å². The maximum absolute atomic E-state index is 8.91. The molecule has 0 bridgehead atoms. The van der Waals surface area contributed by atoms with Crippen LogP contribution >= 0.6 is 11.3 Å². The summed E-state index contributed by atoms with van der Waals surface area (Å²) in [6.45, 7) is 0. The Hall–Kier alpha value is -1.86. The van der Waals surface area contributed by atoms with E-state index in [0.717, 1.165) is 15.4 Å². The second kappa shape index (κ2) is 4.11. The highest BCUT2D eigenvalue weighted by atomic mass is 32.1. The summed E-state index contributed by atoms with van der Waals surface area (Å²) in [5.41, 5.74) is 1.78. The van der Waals surface area contributed by atoms with Crippen molar-refractivity contribution in [3.05, 3.63) is 36.2 Å². The molecule has 0 unspecified atom stereocenters. The molecule has 2 aromatic rings. The van der Waals surface area contributed by atoms with Crippen molar-refractivity contribution in [2.75, 3.05) is 12.4 Å². The van der Waals surface area contributed by atoms with Gasteiger partial charge in [-0.05, 0) is 23.8 Å². The molecule has 0 aliphatic carbocycles. The molecule has 2 aromatic heterocycles. The summed E-state index contributed by atoms with van der Waals surface area (Å²) in [4.78, 5) is 5.05. The van der Waals surface area contributed by atoms with Crippen LogP contribution in [0.25, 0.3) is 10.4 Å². The minimum Gasteiger partial charge on any atom is -0.379 e. The highest BCUT2D eigenvalue weighted by molar-refractivity contribution is 7.19. The van der Waals surface area contributed by atoms with Gasteiger partial charge in [-0.3, -0.25) is 4.98 Å². The smallest absolute Gasteiger partial charge is 0.107 e. The number of hydrogen-bond acceptors (Lipinski definition) is 4. The maximum atomic E-state index is 8.91. The molecule has 2 heterocycles. The van der Waals surface area contributed by atoms with Crippen LogP contribution in [-0.4, -0.2) is 12.0 Å².